The van der Waals surface area contributed by atoms with E-state index in [1.807, 2.05) is 30.3 Å². The Balaban J connectivity index is 0.00000294. The molecule has 0 atom stereocenters. The number of aromatic hydroxyl groups is 2. The number of benzene rings is 6. The molecule has 2 N–H and O–H groups in total. The van der Waals surface area contributed by atoms with Gasteiger partial charge in [-0.1, -0.05) is 97.1 Å². The zero-order valence-corrected chi connectivity index (χ0v) is 22.2. The third kappa shape index (κ3) is 4.13. The number of hydrogen-bond donors (Lipinski definition) is 2. The summed E-state index contributed by atoms with van der Waals surface area (Å²) in [6, 6.07) is 49.9. The van der Waals surface area contributed by atoms with E-state index in [1.165, 1.54) is 15.9 Å². The Morgan fingerprint density at radius 3 is 1.47 bits per heavy atom. The molecule has 38 heavy (non-hydrogen) atoms. The average Bonchev–Trinajstić information content (AvgIpc) is 2.96. The maximum Gasteiger partial charge on any atom is 0.166 e. The van der Waals surface area contributed by atoms with Crippen LogP contribution in [0.3, 0.4) is 0 Å². The number of rotatable bonds is 5. The van der Waals surface area contributed by atoms with E-state index < -0.39 is 7.26 Å². The summed E-state index contributed by atoms with van der Waals surface area (Å²) in [6.45, 7) is 0. The molecule has 0 aliphatic heterocycles. The predicted octanol–water partition coefficient (Wildman–Crippen LogP) is 3.54. The predicted molar refractivity (Wildman–Crippen MR) is 157 cm³/mol. The molecule has 0 radical (unpaired) electrons. The van der Waals surface area contributed by atoms with Gasteiger partial charge in [-0.25, -0.2) is 0 Å². The van der Waals surface area contributed by atoms with Crippen molar-refractivity contribution in [2.24, 2.45) is 0 Å². The van der Waals surface area contributed by atoms with Gasteiger partial charge in [0.2, 0.25) is 0 Å². The standard InChI is InChI=1S/C34H25O2P.ClH/c35-31-24-25-14-10-11-21-29(25)33(34(31)36)30-22-12-13-23-32(30)37(26-15-4-1-5-16-26,27-17-6-2-7-18-27)28-19-8-3-9-20-28;/h1-24H,(H-,35,36);1H. The van der Waals surface area contributed by atoms with Crippen LogP contribution >= 0.6 is 7.26 Å². The van der Waals surface area contributed by atoms with Crippen molar-refractivity contribution in [1.29, 1.82) is 0 Å². The second-order valence-electron chi connectivity index (χ2n) is 9.04. The molecule has 0 unspecified atom stereocenters. The lowest BCUT2D eigenvalue weighted by Crippen LogP contribution is -3.00. The Kier molecular flexibility index (Phi) is 7.20. The van der Waals surface area contributed by atoms with E-state index in [9.17, 15) is 10.2 Å². The van der Waals surface area contributed by atoms with E-state index in [-0.39, 0.29) is 23.9 Å². The van der Waals surface area contributed by atoms with Crippen molar-refractivity contribution in [3.05, 3.63) is 146 Å². The minimum absolute atomic E-state index is 0. The van der Waals surface area contributed by atoms with Crippen LogP contribution in [0, 0.1) is 0 Å². The summed E-state index contributed by atoms with van der Waals surface area (Å²) in [5.41, 5.74) is 1.57. The van der Waals surface area contributed by atoms with E-state index in [4.69, 9.17) is 0 Å². The highest BCUT2D eigenvalue weighted by Gasteiger charge is 2.49. The average molecular weight is 533 g/mol. The van der Waals surface area contributed by atoms with Crippen LogP contribution in [0.4, 0.5) is 0 Å². The van der Waals surface area contributed by atoms with Crippen molar-refractivity contribution in [2.45, 2.75) is 0 Å². The maximum absolute atomic E-state index is 11.3. The van der Waals surface area contributed by atoms with Crippen LogP contribution < -0.4 is 33.6 Å². The fourth-order valence-corrected chi connectivity index (χ4v) is 9.84. The smallest absolute Gasteiger partial charge is 0.166 e. The quantitative estimate of drug-likeness (QED) is 0.263. The molecular formula is C34H26ClO2P. The van der Waals surface area contributed by atoms with Gasteiger partial charge in [-0.3, -0.25) is 0 Å². The molecule has 6 rings (SSSR count). The SMILES string of the molecule is Oc1cc2ccccc2c(-c2ccccc2[P+](c2ccccc2)(c2ccccc2)c2ccccc2)c1O.[Cl-]. The van der Waals surface area contributed by atoms with Crippen molar-refractivity contribution in [1.82, 2.24) is 0 Å². The van der Waals surface area contributed by atoms with Crippen molar-refractivity contribution < 1.29 is 22.6 Å². The summed E-state index contributed by atoms with van der Waals surface area (Å²) in [5.74, 6) is -0.218. The van der Waals surface area contributed by atoms with Crippen molar-refractivity contribution >= 4 is 39.3 Å². The first-order chi connectivity index (χ1) is 18.2. The van der Waals surface area contributed by atoms with E-state index >= 15 is 0 Å². The second kappa shape index (κ2) is 10.7. The number of hydrogen-bond acceptors (Lipinski definition) is 2. The Labute approximate surface area is 229 Å². The number of halogens is 1. The van der Waals surface area contributed by atoms with E-state index in [0.29, 0.717) is 5.56 Å². The van der Waals surface area contributed by atoms with Crippen LogP contribution in [0.5, 0.6) is 11.5 Å². The molecule has 0 amide bonds. The Bertz CT molecular complexity index is 1590. The second-order valence-corrected chi connectivity index (χ2v) is 12.4. The Morgan fingerprint density at radius 1 is 0.474 bits per heavy atom. The molecule has 0 saturated carbocycles. The van der Waals surface area contributed by atoms with Gasteiger partial charge < -0.3 is 22.6 Å². The molecule has 0 saturated heterocycles. The zero-order valence-electron chi connectivity index (χ0n) is 20.6. The lowest BCUT2D eigenvalue weighted by Gasteiger charge is -2.29. The van der Waals surface area contributed by atoms with Gasteiger partial charge in [0.05, 0.1) is 0 Å². The Morgan fingerprint density at radius 2 is 0.921 bits per heavy atom. The van der Waals surface area contributed by atoms with E-state index in [0.717, 1.165) is 21.6 Å². The van der Waals surface area contributed by atoms with Gasteiger partial charge in [-0.15, -0.1) is 0 Å². The highest BCUT2D eigenvalue weighted by Crippen LogP contribution is 2.57. The minimum atomic E-state index is -2.41. The summed E-state index contributed by atoms with van der Waals surface area (Å²) in [6.07, 6.45) is 0. The molecule has 0 spiro atoms. The third-order valence-electron chi connectivity index (χ3n) is 6.97. The van der Waals surface area contributed by atoms with Crippen LogP contribution in [-0.2, 0) is 0 Å². The normalized spacial score (nSPS) is 11.2. The van der Waals surface area contributed by atoms with Crippen molar-refractivity contribution in [3.63, 3.8) is 0 Å². The molecule has 6 aromatic carbocycles. The van der Waals surface area contributed by atoms with Gasteiger partial charge in [0, 0.05) is 11.1 Å². The Hall–Kier alpha value is -4.10. The molecule has 2 nitrogen and oxygen atoms in total. The van der Waals surface area contributed by atoms with Crippen molar-refractivity contribution in [2.75, 3.05) is 0 Å². The van der Waals surface area contributed by atoms with Crippen molar-refractivity contribution in [3.8, 4) is 22.6 Å². The molecule has 0 aromatic heterocycles. The van der Waals surface area contributed by atoms with Crippen LogP contribution in [0.1, 0.15) is 0 Å². The molecule has 0 aliphatic carbocycles. The monoisotopic (exact) mass is 532 g/mol. The fourth-order valence-electron chi connectivity index (χ4n) is 5.39. The van der Waals surface area contributed by atoms with Crippen LogP contribution in [0.25, 0.3) is 21.9 Å². The lowest BCUT2D eigenvalue weighted by atomic mass is 9.96. The zero-order chi connectivity index (χ0) is 25.2. The minimum Gasteiger partial charge on any atom is -1.00 e. The van der Waals surface area contributed by atoms with Gasteiger partial charge in [0.1, 0.15) is 28.5 Å². The summed E-state index contributed by atoms with van der Waals surface area (Å²) in [5, 5.41) is 28.7. The van der Waals surface area contributed by atoms with Gasteiger partial charge >= 0.3 is 0 Å². The first kappa shape index (κ1) is 25.5. The molecular weight excluding hydrogens is 507 g/mol. The van der Waals surface area contributed by atoms with Gasteiger partial charge in [0.25, 0.3) is 0 Å². The molecule has 4 heteroatoms. The summed E-state index contributed by atoms with van der Waals surface area (Å²) in [7, 11) is -2.41. The van der Waals surface area contributed by atoms with Gasteiger partial charge in [-0.2, -0.15) is 0 Å². The van der Waals surface area contributed by atoms with Gasteiger partial charge in [0.15, 0.2) is 11.5 Å². The summed E-state index contributed by atoms with van der Waals surface area (Å²) < 4.78 is 0. The first-order valence-electron chi connectivity index (χ1n) is 12.3. The van der Waals surface area contributed by atoms with Gasteiger partial charge in [-0.05, 0) is 59.3 Å². The maximum atomic E-state index is 11.3. The van der Waals surface area contributed by atoms with Crippen LogP contribution in [0.15, 0.2) is 146 Å². The lowest BCUT2D eigenvalue weighted by molar-refractivity contribution is -0.00000870. The molecule has 0 aliphatic rings. The largest absolute Gasteiger partial charge is 1.00 e. The molecule has 0 heterocycles. The number of phenols is 2. The fraction of sp³-hybridized carbons (Fsp3) is 0. The highest BCUT2D eigenvalue weighted by molar-refractivity contribution is 8.01. The summed E-state index contributed by atoms with van der Waals surface area (Å²) in [4.78, 5) is 0. The molecule has 0 bridgehead atoms. The number of fused-ring (bicyclic) bond motifs is 1. The van der Waals surface area contributed by atoms with E-state index in [2.05, 4.69) is 109 Å². The molecule has 6 aromatic rings. The van der Waals surface area contributed by atoms with Crippen LogP contribution in [-0.4, -0.2) is 10.2 Å². The van der Waals surface area contributed by atoms with E-state index in [1.54, 1.807) is 6.07 Å². The first-order valence-corrected chi connectivity index (χ1v) is 14.1. The molecule has 186 valence electrons. The third-order valence-corrected chi connectivity index (χ3v) is 11.3. The topological polar surface area (TPSA) is 40.5 Å². The number of phenolic OH excluding ortho intramolecular Hbond substituents is 2. The van der Waals surface area contributed by atoms with Crippen LogP contribution in [0.2, 0.25) is 0 Å². The summed E-state index contributed by atoms with van der Waals surface area (Å²) >= 11 is 0. The highest BCUT2D eigenvalue weighted by atomic mass is 35.5. The molecule has 0 fully saturated rings.